The van der Waals surface area contributed by atoms with Crippen LogP contribution in [0.15, 0.2) is 36.4 Å². The van der Waals surface area contributed by atoms with Gasteiger partial charge in [-0.05, 0) is 48.7 Å². The van der Waals surface area contributed by atoms with E-state index in [9.17, 15) is 0 Å². The number of fused-ring (bicyclic) bond motifs is 3. The first kappa shape index (κ1) is 14.6. The number of methoxy groups -OCH3 is 1. The summed E-state index contributed by atoms with van der Waals surface area (Å²) in [4.78, 5) is 3.60. The van der Waals surface area contributed by atoms with E-state index >= 15 is 0 Å². The summed E-state index contributed by atoms with van der Waals surface area (Å²) in [6, 6.07) is 12.7. The molecule has 23 heavy (non-hydrogen) atoms. The molecule has 2 aromatic carbocycles. The fourth-order valence-electron chi connectivity index (χ4n) is 3.49. The third-order valence-corrected chi connectivity index (χ3v) is 4.91. The van der Waals surface area contributed by atoms with E-state index in [0.717, 1.165) is 18.5 Å². The number of aryl methyl sites for hydroxylation is 1. The van der Waals surface area contributed by atoms with E-state index < -0.39 is 0 Å². The second kappa shape index (κ2) is 5.59. The molecule has 0 amide bonds. The van der Waals surface area contributed by atoms with Crippen molar-refractivity contribution in [2.24, 2.45) is 0 Å². The van der Waals surface area contributed by atoms with Gasteiger partial charge in [-0.15, -0.1) is 0 Å². The van der Waals surface area contributed by atoms with Crippen molar-refractivity contribution in [1.29, 1.82) is 0 Å². The number of H-pyrrole nitrogens is 1. The Balaban J connectivity index is 1.84. The van der Waals surface area contributed by atoms with Crippen LogP contribution >= 0.6 is 11.6 Å². The highest BCUT2D eigenvalue weighted by atomic mass is 35.5. The molecule has 118 valence electrons. The topological polar surface area (TPSA) is 37.0 Å². The minimum Gasteiger partial charge on any atom is -0.495 e. The van der Waals surface area contributed by atoms with Gasteiger partial charge in [0.15, 0.2) is 0 Å². The van der Waals surface area contributed by atoms with Crippen molar-refractivity contribution in [3.05, 3.63) is 63.8 Å². The molecule has 4 heteroatoms. The first-order valence-corrected chi connectivity index (χ1v) is 8.23. The smallest absolute Gasteiger partial charge is 0.137 e. The predicted molar refractivity (Wildman–Crippen MR) is 94.6 cm³/mol. The molecule has 1 atom stereocenters. The van der Waals surface area contributed by atoms with Gasteiger partial charge in [-0.25, -0.2) is 0 Å². The molecule has 1 unspecified atom stereocenters. The Labute approximate surface area is 140 Å². The monoisotopic (exact) mass is 326 g/mol. The van der Waals surface area contributed by atoms with Gasteiger partial charge in [-0.3, -0.25) is 0 Å². The lowest BCUT2D eigenvalue weighted by Gasteiger charge is -2.25. The van der Waals surface area contributed by atoms with Crippen molar-refractivity contribution in [2.75, 3.05) is 13.7 Å². The molecule has 2 N–H and O–H groups in total. The molecule has 0 spiro atoms. The van der Waals surface area contributed by atoms with Crippen LogP contribution in [0.3, 0.4) is 0 Å². The molecule has 0 saturated heterocycles. The summed E-state index contributed by atoms with van der Waals surface area (Å²) in [6.07, 6.45) is 1.04. The van der Waals surface area contributed by atoms with Crippen LogP contribution in [0.25, 0.3) is 10.9 Å². The fourth-order valence-corrected chi connectivity index (χ4v) is 3.75. The molecule has 0 radical (unpaired) electrons. The standard InChI is InChI=1S/C19H19ClN2O/c1-11-3-5-16-14(9-11)13-7-8-21-18(19(13)22-16)12-4-6-17(23-2)15(20)10-12/h3-6,9-10,18,21-22H,7-8H2,1-2H3. The molecule has 0 fully saturated rings. The van der Waals surface area contributed by atoms with Crippen molar-refractivity contribution < 1.29 is 4.74 Å². The largest absolute Gasteiger partial charge is 0.495 e. The maximum atomic E-state index is 6.31. The van der Waals surface area contributed by atoms with Crippen LogP contribution in [0.5, 0.6) is 5.75 Å². The number of hydrogen-bond donors (Lipinski definition) is 2. The number of ether oxygens (including phenoxy) is 1. The average Bonchev–Trinajstić information content (AvgIpc) is 2.92. The number of aromatic amines is 1. The molecule has 0 bridgehead atoms. The van der Waals surface area contributed by atoms with E-state index in [0.29, 0.717) is 10.8 Å². The van der Waals surface area contributed by atoms with Gasteiger partial charge >= 0.3 is 0 Å². The lowest BCUT2D eigenvalue weighted by Crippen LogP contribution is -2.30. The van der Waals surface area contributed by atoms with E-state index in [1.165, 1.54) is 27.7 Å². The third-order valence-electron chi connectivity index (χ3n) is 4.62. The number of nitrogens with one attached hydrogen (secondary N) is 2. The van der Waals surface area contributed by atoms with E-state index in [1.54, 1.807) is 7.11 Å². The average molecular weight is 327 g/mol. The Morgan fingerprint density at radius 2 is 2.04 bits per heavy atom. The summed E-state index contributed by atoms with van der Waals surface area (Å²) in [6.45, 7) is 3.10. The quantitative estimate of drug-likeness (QED) is 0.733. The Hall–Kier alpha value is -1.97. The summed E-state index contributed by atoms with van der Waals surface area (Å²) >= 11 is 6.31. The first-order valence-electron chi connectivity index (χ1n) is 7.85. The lowest BCUT2D eigenvalue weighted by atomic mass is 9.94. The third kappa shape index (κ3) is 2.41. The fraction of sp³-hybridized carbons (Fsp3) is 0.263. The van der Waals surface area contributed by atoms with Gasteiger partial charge in [-0.1, -0.05) is 29.3 Å². The molecule has 2 heterocycles. The summed E-state index contributed by atoms with van der Waals surface area (Å²) in [5.74, 6) is 0.707. The highest BCUT2D eigenvalue weighted by Crippen LogP contribution is 2.36. The van der Waals surface area contributed by atoms with Crippen molar-refractivity contribution in [1.82, 2.24) is 10.3 Å². The minimum atomic E-state index is 0.134. The van der Waals surface area contributed by atoms with Crippen LogP contribution in [0.1, 0.15) is 28.4 Å². The number of halogens is 1. The van der Waals surface area contributed by atoms with E-state index in [-0.39, 0.29) is 6.04 Å². The van der Waals surface area contributed by atoms with Crippen molar-refractivity contribution >= 4 is 22.5 Å². The highest BCUT2D eigenvalue weighted by molar-refractivity contribution is 6.32. The maximum absolute atomic E-state index is 6.31. The zero-order valence-electron chi connectivity index (χ0n) is 13.2. The summed E-state index contributed by atoms with van der Waals surface area (Å²) in [5.41, 5.74) is 6.31. The molecule has 1 aliphatic heterocycles. The number of hydrogen-bond acceptors (Lipinski definition) is 2. The highest BCUT2D eigenvalue weighted by Gasteiger charge is 2.25. The summed E-state index contributed by atoms with van der Waals surface area (Å²) in [7, 11) is 1.64. The SMILES string of the molecule is COc1ccc(C2NCCc3c2[nH]c2ccc(C)cc32)cc1Cl. The van der Waals surface area contributed by atoms with E-state index in [2.05, 4.69) is 41.5 Å². The van der Waals surface area contributed by atoms with Crippen LogP contribution in [0.4, 0.5) is 0 Å². The van der Waals surface area contributed by atoms with Gasteiger partial charge in [0.05, 0.1) is 18.2 Å². The maximum Gasteiger partial charge on any atom is 0.137 e. The van der Waals surface area contributed by atoms with Gasteiger partial charge in [0.2, 0.25) is 0 Å². The second-order valence-electron chi connectivity index (χ2n) is 6.10. The minimum absolute atomic E-state index is 0.134. The van der Waals surface area contributed by atoms with Crippen LogP contribution in [0, 0.1) is 6.92 Å². The van der Waals surface area contributed by atoms with E-state index in [4.69, 9.17) is 16.3 Å². The van der Waals surface area contributed by atoms with Crippen LogP contribution in [-0.4, -0.2) is 18.6 Å². The normalized spacial score (nSPS) is 17.3. The van der Waals surface area contributed by atoms with Gasteiger partial charge in [-0.2, -0.15) is 0 Å². The van der Waals surface area contributed by atoms with E-state index in [1.807, 2.05) is 12.1 Å². The zero-order chi connectivity index (χ0) is 16.0. The van der Waals surface area contributed by atoms with Crippen molar-refractivity contribution in [3.8, 4) is 5.75 Å². The molecule has 1 aliphatic rings. The van der Waals surface area contributed by atoms with Gasteiger partial charge in [0.25, 0.3) is 0 Å². The number of aromatic nitrogens is 1. The van der Waals surface area contributed by atoms with Gasteiger partial charge in [0, 0.05) is 23.1 Å². The lowest BCUT2D eigenvalue weighted by molar-refractivity contribution is 0.414. The van der Waals surface area contributed by atoms with Gasteiger partial charge < -0.3 is 15.0 Å². The van der Waals surface area contributed by atoms with Crippen LogP contribution in [-0.2, 0) is 6.42 Å². The first-order chi connectivity index (χ1) is 11.2. The molecule has 3 nitrogen and oxygen atoms in total. The molecular formula is C19H19ClN2O. The van der Waals surface area contributed by atoms with Crippen molar-refractivity contribution in [2.45, 2.75) is 19.4 Å². The predicted octanol–water partition coefficient (Wildman–Crippen LogP) is 4.37. The van der Waals surface area contributed by atoms with Crippen LogP contribution in [0.2, 0.25) is 5.02 Å². The zero-order valence-corrected chi connectivity index (χ0v) is 14.0. The second-order valence-corrected chi connectivity index (χ2v) is 6.50. The van der Waals surface area contributed by atoms with Crippen LogP contribution < -0.4 is 10.1 Å². The Morgan fingerprint density at radius 1 is 1.17 bits per heavy atom. The molecule has 0 aliphatic carbocycles. The van der Waals surface area contributed by atoms with Gasteiger partial charge in [0.1, 0.15) is 5.75 Å². The Kier molecular flexibility index (Phi) is 3.55. The Bertz CT molecular complexity index is 884. The number of benzene rings is 2. The molecule has 1 aromatic heterocycles. The summed E-state index contributed by atoms with van der Waals surface area (Å²) < 4.78 is 5.26. The molecule has 0 saturated carbocycles. The molecule has 4 rings (SSSR count). The Morgan fingerprint density at radius 3 is 2.83 bits per heavy atom. The molecular weight excluding hydrogens is 308 g/mol. The molecule has 3 aromatic rings. The summed E-state index contributed by atoms with van der Waals surface area (Å²) in [5, 5.41) is 5.58. The van der Waals surface area contributed by atoms with Crippen molar-refractivity contribution in [3.63, 3.8) is 0 Å². The number of rotatable bonds is 2.